The predicted molar refractivity (Wildman–Crippen MR) is 84.7 cm³/mol. The van der Waals surface area contributed by atoms with Crippen LogP contribution in [0.4, 0.5) is 4.39 Å². The van der Waals surface area contributed by atoms with Crippen molar-refractivity contribution in [2.75, 3.05) is 32.7 Å². The van der Waals surface area contributed by atoms with Crippen LogP contribution in [0.3, 0.4) is 0 Å². The first-order valence-corrected chi connectivity index (χ1v) is 9.52. The quantitative estimate of drug-likeness (QED) is 0.829. The zero-order chi connectivity index (χ0) is 15.6. The maximum atomic E-state index is 13.6. The van der Waals surface area contributed by atoms with Gasteiger partial charge in [0.1, 0.15) is 5.82 Å². The van der Waals surface area contributed by atoms with Crippen molar-refractivity contribution in [3.63, 3.8) is 0 Å². The summed E-state index contributed by atoms with van der Waals surface area (Å²) in [5.74, 6) is -0.178. The number of sulfonamides is 1. The molecule has 1 aromatic rings. The van der Waals surface area contributed by atoms with Crippen molar-refractivity contribution in [2.24, 2.45) is 0 Å². The second-order valence-corrected chi connectivity index (χ2v) is 8.42. The standard InChI is InChI=1S/C16H23FN2O2S/c17-16-6-2-1-5-14(16)7-11-18-12-8-15(13-18)22(20,21)19-9-3-4-10-19/h1-2,5-6,15H,3-4,7-13H2/t15-/m0/s1. The molecule has 2 aliphatic heterocycles. The van der Waals surface area contributed by atoms with E-state index in [-0.39, 0.29) is 11.1 Å². The van der Waals surface area contributed by atoms with Gasteiger partial charge >= 0.3 is 0 Å². The van der Waals surface area contributed by atoms with Crippen molar-refractivity contribution < 1.29 is 12.8 Å². The molecular weight excluding hydrogens is 303 g/mol. The summed E-state index contributed by atoms with van der Waals surface area (Å²) in [6.07, 6.45) is 3.27. The van der Waals surface area contributed by atoms with Gasteiger partial charge in [0.2, 0.25) is 10.0 Å². The van der Waals surface area contributed by atoms with Crippen LogP contribution in [0.15, 0.2) is 24.3 Å². The Bertz CT molecular complexity index is 614. The Kier molecular flexibility index (Phi) is 4.80. The summed E-state index contributed by atoms with van der Waals surface area (Å²) in [4.78, 5) is 2.14. The molecule has 0 spiro atoms. The van der Waals surface area contributed by atoms with Crippen LogP contribution in [0.1, 0.15) is 24.8 Å². The molecule has 0 aliphatic carbocycles. The van der Waals surface area contributed by atoms with Gasteiger partial charge in [-0.15, -0.1) is 0 Å². The van der Waals surface area contributed by atoms with E-state index in [0.717, 1.165) is 19.4 Å². The van der Waals surface area contributed by atoms with E-state index in [2.05, 4.69) is 4.90 Å². The summed E-state index contributed by atoms with van der Waals surface area (Å²) >= 11 is 0. The van der Waals surface area contributed by atoms with Gasteiger partial charge in [0.15, 0.2) is 0 Å². The lowest BCUT2D eigenvalue weighted by atomic mass is 10.1. The minimum absolute atomic E-state index is 0.178. The number of rotatable bonds is 5. The second kappa shape index (κ2) is 6.64. The fraction of sp³-hybridized carbons (Fsp3) is 0.625. The predicted octanol–water partition coefficient (Wildman–Crippen LogP) is 1.87. The molecule has 2 aliphatic rings. The lowest BCUT2D eigenvalue weighted by Gasteiger charge is -2.21. The highest BCUT2D eigenvalue weighted by Gasteiger charge is 2.37. The summed E-state index contributed by atoms with van der Waals surface area (Å²) < 4.78 is 40.4. The first-order chi connectivity index (χ1) is 10.6. The molecule has 0 N–H and O–H groups in total. The highest BCUT2D eigenvalue weighted by Crippen LogP contribution is 2.24. The van der Waals surface area contributed by atoms with Crippen molar-refractivity contribution in [1.82, 2.24) is 9.21 Å². The van der Waals surface area contributed by atoms with Gasteiger partial charge in [0.05, 0.1) is 5.25 Å². The maximum Gasteiger partial charge on any atom is 0.218 e. The summed E-state index contributed by atoms with van der Waals surface area (Å²) in [6, 6.07) is 6.79. The minimum Gasteiger partial charge on any atom is -0.302 e. The Morgan fingerprint density at radius 2 is 1.86 bits per heavy atom. The van der Waals surface area contributed by atoms with E-state index < -0.39 is 10.0 Å². The molecule has 2 heterocycles. The third-order valence-corrected chi connectivity index (χ3v) is 7.04. The third-order valence-electron chi connectivity index (χ3n) is 4.73. The van der Waals surface area contributed by atoms with Crippen LogP contribution in [-0.4, -0.2) is 55.6 Å². The molecule has 0 bridgehead atoms. The molecule has 0 saturated carbocycles. The van der Waals surface area contributed by atoms with Gasteiger partial charge < -0.3 is 4.90 Å². The van der Waals surface area contributed by atoms with E-state index >= 15 is 0 Å². The van der Waals surface area contributed by atoms with Crippen LogP contribution in [-0.2, 0) is 16.4 Å². The monoisotopic (exact) mass is 326 g/mol. The number of nitrogens with zero attached hydrogens (tertiary/aromatic N) is 2. The van der Waals surface area contributed by atoms with Crippen LogP contribution in [0.2, 0.25) is 0 Å². The first-order valence-electron chi connectivity index (χ1n) is 8.02. The second-order valence-electron chi connectivity index (χ2n) is 6.20. The Morgan fingerprint density at radius 1 is 1.14 bits per heavy atom. The van der Waals surface area contributed by atoms with Gasteiger partial charge in [-0.05, 0) is 43.9 Å². The Morgan fingerprint density at radius 3 is 2.59 bits per heavy atom. The SMILES string of the molecule is O=S(=O)([C@H]1CCN(CCc2ccccc2F)C1)N1CCCC1. The van der Waals surface area contributed by atoms with Crippen LogP contribution >= 0.6 is 0 Å². The van der Waals surface area contributed by atoms with Crippen molar-refractivity contribution in [2.45, 2.75) is 30.9 Å². The van der Waals surface area contributed by atoms with Crippen LogP contribution < -0.4 is 0 Å². The van der Waals surface area contributed by atoms with Gasteiger partial charge in [-0.3, -0.25) is 0 Å². The Hall–Kier alpha value is -0.980. The maximum absolute atomic E-state index is 13.6. The van der Waals surface area contributed by atoms with Crippen LogP contribution in [0, 0.1) is 5.82 Å². The number of likely N-dealkylation sites (tertiary alicyclic amines) is 1. The molecule has 1 aromatic carbocycles. The van der Waals surface area contributed by atoms with Crippen LogP contribution in [0.5, 0.6) is 0 Å². The minimum atomic E-state index is -3.14. The fourth-order valence-corrected chi connectivity index (χ4v) is 5.37. The molecule has 6 heteroatoms. The molecule has 0 amide bonds. The van der Waals surface area contributed by atoms with E-state index in [0.29, 0.717) is 44.6 Å². The molecule has 122 valence electrons. The Labute approximate surface area is 132 Å². The smallest absolute Gasteiger partial charge is 0.218 e. The van der Waals surface area contributed by atoms with Crippen molar-refractivity contribution in [3.8, 4) is 0 Å². The molecule has 2 saturated heterocycles. The van der Waals surface area contributed by atoms with Gasteiger partial charge in [-0.1, -0.05) is 18.2 Å². The molecular formula is C16H23FN2O2S. The summed E-state index contributed by atoms with van der Waals surface area (Å²) in [7, 11) is -3.14. The van der Waals surface area contributed by atoms with E-state index in [9.17, 15) is 12.8 Å². The van der Waals surface area contributed by atoms with Crippen molar-refractivity contribution in [1.29, 1.82) is 0 Å². The molecule has 22 heavy (non-hydrogen) atoms. The molecule has 1 atom stereocenters. The molecule has 2 fully saturated rings. The molecule has 0 aromatic heterocycles. The van der Waals surface area contributed by atoms with Gasteiger partial charge in [0, 0.05) is 26.2 Å². The fourth-order valence-electron chi connectivity index (χ4n) is 3.38. The topological polar surface area (TPSA) is 40.6 Å². The number of hydrogen-bond acceptors (Lipinski definition) is 3. The van der Waals surface area contributed by atoms with Crippen LogP contribution in [0.25, 0.3) is 0 Å². The number of halogens is 1. The van der Waals surface area contributed by atoms with E-state index in [1.165, 1.54) is 6.07 Å². The van der Waals surface area contributed by atoms with E-state index in [4.69, 9.17) is 0 Å². The van der Waals surface area contributed by atoms with E-state index in [1.54, 1.807) is 16.4 Å². The molecule has 4 nitrogen and oxygen atoms in total. The summed E-state index contributed by atoms with van der Waals surface area (Å²) in [5.41, 5.74) is 0.702. The summed E-state index contributed by atoms with van der Waals surface area (Å²) in [5, 5.41) is -0.286. The zero-order valence-corrected chi connectivity index (χ0v) is 13.6. The lowest BCUT2D eigenvalue weighted by molar-refractivity contribution is 0.340. The highest BCUT2D eigenvalue weighted by atomic mass is 32.2. The normalized spacial score (nSPS) is 24.1. The van der Waals surface area contributed by atoms with E-state index in [1.807, 2.05) is 6.07 Å². The number of hydrogen-bond donors (Lipinski definition) is 0. The zero-order valence-electron chi connectivity index (χ0n) is 12.7. The molecule has 3 rings (SSSR count). The largest absolute Gasteiger partial charge is 0.302 e. The van der Waals surface area contributed by atoms with Crippen molar-refractivity contribution >= 4 is 10.0 Å². The number of benzene rings is 1. The van der Waals surface area contributed by atoms with Gasteiger partial charge in [0.25, 0.3) is 0 Å². The first kappa shape index (κ1) is 15.9. The summed E-state index contributed by atoms with van der Waals surface area (Å²) in [6.45, 7) is 3.43. The molecule has 0 radical (unpaired) electrons. The highest BCUT2D eigenvalue weighted by molar-refractivity contribution is 7.89. The lowest BCUT2D eigenvalue weighted by Crippen LogP contribution is -2.38. The average Bonchev–Trinajstić information content (AvgIpc) is 3.18. The Balaban J connectivity index is 1.55. The van der Waals surface area contributed by atoms with Gasteiger partial charge in [-0.2, -0.15) is 0 Å². The van der Waals surface area contributed by atoms with Gasteiger partial charge in [-0.25, -0.2) is 17.1 Å². The third kappa shape index (κ3) is 3.34. The average molecular weight is 326 g/mol. The van der Waals surface area contributed by atoms with Crippen molar-refractivity contribution in [3.05, 3.63) is 35.6 Å². The molecule has 0 unspecified atom stereocenters.